The van der Waals surface area contributed by atoms with Crippen molar-refractivity contribution in [2.45, 2.75) is 38.5 Å². The molecule has 1 aliphatic carbocycles. The van der Waals surface area contributed by atoms with Gasteiger partial charge >= 0.3 is 5.97 Å². The van der Waals surface area contributed by atoms with Crippen molar-refractivity contribution in [1.29, 1.82) is 0 Å². The first kappa shape index (κ1) is 16.9. The zero-order chi connectivity index (χ0) is 16.9. The molecule has 126 valence electrons. The van der Waals surface area contributed by atoms with E-state index in [0.717, 1.165) is 46.6 Å². The fourth-order valence-corrected chi connectivity index (χ4v) is 4.51. The topological polar surface area (TPSA) is 43.4 Å². The Bertz CT molecular complexity index is 712. The smallest absolute Gasteiger partial charge is 0.310 e. The Balaban J connectivity index is 1.93. The molecule has 3 rings (SSSR count). The van der Waals surface area contributed by atoms with Crippen LogP contribution in [0.5, 0.6) is 0 Å². The van der Waals surface area contributed by atoms with Gasteiger partial charge in [-0.25, -0.2) is 0 Å². The molecule has 0 radical (unpaired) electrons. The molecule has 24 heavy (non-hydrogen) atoms. The van der Waals surface area contributed by atoms with E-state index in [1.165, 1.54) is 24.9 Å². The quantitative estimate of drug-likeness (QED) is 0.574. The molecule has 0 saturated heterocycles. The van der Waals surface area contributed by atoms with Gasteiger partial charge in [-0.05, 0) is 30.0 Å². The lowest BCUT2D eigenvalue weighted by Gasteiger charge is -2.19. The summed E-state index contributed by atoms with van der Waals surface area (Å²) in [6.45, 7) is 0. The summed E-state index contributed by atoms with van der Waals surface area (Å²) in [5.74, 6) is 0.113. The van der Waals surface area contributed by atoms with Gasteiger partial charge in [0.2, 0.25) is 0 Å². The molecule has 1 aromatic heterocycles. The maximum Gasteiger partial charge on any atom is 0.310 e. The number of rotatable bonds is 5. The van der Waals surface area contributed by atoms with Crippen molar-refractivity contribution in [3.8, 4) is 10.4 Å². The van der Waals surface area contributed by atoms with Crippen LogP contribution in [0.25, 0.3) is 10.4 Å². The molecule has 1 aromatic carbocycles. The molecular formula is C20H22O3S. The van der Waals surface area contributed by atoms with E-state index in [0.29, 0.717) is 0 Å². The van der Waals surface area contributed by atoms with Gasteiger partial charge in [0.1, 0.15) is 0 Å². The second-order valence-electron chi connectivity index (χ2n) is 6.28. The summed E-state index contributed by atoms with van der Waals surface area (Å²) < 4.78 is 4.81. The maximum absolute atomic E-state index is 12.8. The van der Waals surface area contributed by atoms with Gasteiger partial charge in [0.15, 0.2) is 5.78 Å². The molecule has 4 heteroatoms. The standard InChI is InChI=1S/C20H22O3S/c1-23-18(21)13-16-12-17(19(22)14-8-4-2-5-9-14)24-20(16)15-10-6-3-7-11-15/h3,6-7,10-12,14H,2,4-5,8-9,13H2,1H3. The summed E-state index contributed by atoms with van der Waals surface area (Å²) in [5.41, 5.74) is 1.93. The number of carbonyl (C=O) groups excluding carboxylic acids is 2. The molecule has 1 aliphatic rings. The van der Waals surface area contributed by atoms with Gasteiger partial charge in [-0.2, -0.15) is 0 Å². The molecule has 3 nitrogen and oxygen atoms in total. The summed E-state index contributed by atoms with van der Waals surface area (Å²) in [6.07, 6.45) is 5.70. The van der Waals surface area contributed by atoms with Crippen molar-refractivity contribution in [3.05, 3.63) is 46.8 Å². The van der Waals surface area contributed by atoms with Gasteiger partial charge in [-0.1, -0.05) is 49.6 Å². The molecule has 0 unspecified atom stereocenters. The second-order valence-corrected chi connectivity index (χ2v) is 7.34. The molecule has 1 saturated carbocycles. The van der Waals surface area contributed by atoms with Crippen LogP contribution >= 0.6 is 11.3 Å². The Morgan fingerprint density at radius 3 is 2.50 bits per heavy atom. The number of Topliss-reactive ketones (excluding diaryl/α,β-unsaturated/α-hetero) is 1. The summed E-state index contributed by atoms with van der Waals surface area (Å²) in [5, 5.41) is 0. The van der Waals surface area contributed by atoms with Crippen LogP contribution < -0.4 is 0 Å². The number of methoxy groups -OCH3 is 1. The molecule has 1 heterocycles. The highest BCUT2D eigenvalue weighted by atomic mass is 32.1. The van der Waals surface area contributed by atoms with Gasteiger partial charge in [0.05, 0.1) is 18.4 Å². The Morgan fingerprint density at radius 1 is 1.12 bits per heavy atom. The van der Waals surface area contributed by atoms with E-state index >= 15 is 0 Å². The highest BCUT2D eigenvalue weighted by Gasteiger charge is 2.25. The van der Waals surface area contributed by atoms with Crippen LogP contribution in [0.1, 0.15) is 47.3 Å². The second kappa shape index (κ2) is 7.75. The minimum Gasteiger partial charge on any atom is -0.469 e. The highest BCUT2D eigenvalue weighted by molar-refractivity contribution is 7.17. The maximum atomic E-state index is 12.8. The lowest BCUT2D eigenvalue weighted by atomic mass is 9.85. The van der Waals surface area contributed by atoms with E-state index in [2.05, 4.69) is 0 Å². The van der Waals surface area contributed by atoms with E-state index in [1.807, 2.05) is 36.4 Å². The van der Waals surface area contributed by atoms with Crippen LogP contribution in [0.4, 0.5) is 0 Å². The van der Waals surface area contributed by atoms with Crippen LogP contribution in [0, 0.1) is 5.92 Å². The molecule has 0 aliphatic heterocycles. The van der Waals surface area contributed by atoms with E-state index in [-0.39, 0.29) is 24.1 Å². The van der Waals surface area contributed by atoms with Gasteiger partial charge in [0.25, 0.3) is 0 Å². The summed E-state index contributed by atoms with van der Waals surface area (Å²) in [7, 11) is 1.39. The SMILES string of the molecule is COC(=O)Cc1cc(C(=O)C2CCCCC2)sc1-c1ccccc1. The van der Waals surface area contributed by atoms with Crippen LogP contribution in [0.15, 0.2) is 36.4 Å². The largest absolute Gasteiger partial charge is 0.469 e. The number of hydrogen-bond donors (Lipinski definition) is 0. The van der Waals surface area contributed by atoms with Crippen LogP contribution in [-0.2, 0) is 16.0 Å². The summed E-state index contributed by atoms with van der Waals surface area (Å²) in [6, 6.07) is 11.8. The van der Waals surface area contributed by atoms with Gasteiger partial charge in [-0.15, -0.1) is 11.3 Å². The van der Waals surface area contributed by atoms with E-state index in [4.69, 9.17) is 4.74 Å². The normalized spacial score (nSPS) is 15.2. The van der Waals surface area contributed by atoms with E-state index in [9.17, 15) is 9.59 Å². The van der Waals surface area contributed by atoms with Crippen molar-refractivity contribution < 1.29 is 14.3 Å². The predicted molar refractivity (Wildman–Crippen MR) is 96.4 cm³/mol. The number of ketones is 1. The third-order valence-electron chi connectivity index (χ3n) is 4.63. The number of hydrogen-bond acceptors (Lipinski definition) is 4. The summed E-state index contributed by atoms with van der Waals surface area (Å²) >= 11 is 1.51. The Hall–Kier alpha value is -1.94. The lowest BCUT2D eigenvalue weighted by molar-refractivity contribution is -0.139. The summed E-state index contributed by atoms with van der Waals surface area (Å²) in [4.78, 5) is 26.4. The van der Waals surface area contributed by atoms with Crippen molar-refractivity contribution in [2.75, 3.05) is 7.11 Å². The first-order valence-corrected chi connectivity index (χ1v) is 9.30. The molecule has 0 amide bonds. The number of benzene rings is 1. The minimum absolute atomic E-state index is 0.145. The monoisotopic (exact) mass is 342 g/mol. The molecule has 0 bridgehead atoms. The van der Waals surface area contributed by atoms with Crippen molar-refractivity contribution >= 4 is 23.1 Å². The molecule has 0 spiro atoms. The molecule has 1 fully saturated rings. The van der Waals surface area contributed by atoms with Crippen molar-refractivity contribution in [3.63, 3.8) is 0 Å². The van der Waals surface area contributed by atoms with Crippen LogP contribution in [-0.4, -0.2) is 18.9 Å². The Kier molecular flexibility index (Phi) is 5.46. The third-order valence-corrected chi connectivity index (χ3v) is 5.87. The fourth-order valence-electron chi connectivity index (χ4n) is 3.31. The molecular weight excluding hydrogens is 320 g/mol. The fraction of sp³-hybridized carbons (Fsp3) is 0.400. The zero-order valence-corrected chi connectivity index (χ0v) is 14.7. The van der Waals surface area contributed by atoms with Crippen molar-refractivity contribution in [2.24, 2.45) is 5.92 Å². The van der Waals surface area contributed by atoms with E-state index in [1.54, 1.807) is 0 Å². The van der Waals surface area contributed by atoms with Crippen molar-refractivity contribution in [1.82, 2.24) is 0 Å². The zero-order valence-electron chi connectivity index (χ0n) is 13.9. The first-order chi connectivity index (χ1) is 11.7. The van der Waals surface area contributed by atoms with E-state index < -0.39 is 0 Å². The number of ether oxygens (including phenoxy) is 1. The van der Waals surface area contributed by atoms with Crippen LogP contribution in [0.2, 0.25) is 0 Å². The lowest BCUT2D eigenvalue weighted by Crippen LogP contribution is -2.16. The average molecular weight is 342 g/mol. The van der Waals surface area contributed by atoms with Gasteiger partial charge in [0, 0.05) is 10.8 Å². The number of carbonyl (C=O) groups is 2. The first-order valence-electron chi connectivity index (χ1n) is 8.48. The molecule has 0 atom stereocenters. The van der Waals surface area contributed by atoms with Gasteiger partial charge < -0.3 is 4.74 Å². The molecule has 2 aromatic rings. The number of thiophene rings is 1. The van der Waals surface area contributed by atoms with Gasteiger partial charge in [-0.3, -0.25) is 9.59 Å². The third kappa shape index (κ3) is 3.75. The predicted octanol–water partition coefficient (Wildman–Crippen LogP) is 4.89. The minimum atomic E-state index is -0.276. The van der Waals surface area contributed by atoms with Crippen LogP contribution in [0.3, 0.4) is 0 Å². The average Bonchev–Trinajstić information content (AvgIpc) is 3.06. The highest BCUT2D eigenvalue weighted by Crippen LogP contribution is 2.36. The molecule has 0 N–H and O–H groups in total. The Labute approximate surface area is 146 Å². The Morgan fingerprint density at radius 2 is 1.83 bits per heavy atom. The number of esters is 1.